The minimum Gasteiger partial charge on any atom is -0.306 e. The molecule has 0 heterocycles. The third-order valence-corrected chi connectivity index (χ3v) is 4.28. The summed E-state index contributed by atoms with van der Waals surface area (Å²) in [5, 5.41) is 3.37. The number of rotatable bonds is 6. The van der Waals surface area contributed by atoms with E-state index >= 15 is 0 Å². The van der Waals surface area contributed by atoms with E-state index in [0.717, 1.165) is 17.3 Å². The van der Waals surface area contributed by atoms with Crippen molar-refractivity contribution in [1.29, 1.82) is 0 Å². The predicted molar refractivity (Wildman–Crippen MR) is 75.0 cm³/mol. The van der Waals surface area contributed by atoms with E-state index in [2.05, 4.69) is 35.1 Å². The summed E-state index contributed by atoms with van der Waals surface area (Å²) in [6, 6.07) is 4.97. The molecule has 0 aliphatic carbocycles. The van der Waals surface area contributed by atoms with Crippen LogP contribution >= 0.6 is 27.5 Å². The van der Waals surface area contributed by atoms with Crippen LogP contribution in [0.2, 0.25) is 0 Å². The van der Waals surface area contributed by atoms with Crippen molar-refractivity contribution in [3.8, 4) is 0 Å². The maximum Gasteiger partial charge on any atom is 0.127 e. The summed E-state index contributed by atoms with van der Waals surface area (Å²) in [5.74, 6) is 0.353. The molecule has 0 spiro atoms. The van der Waals surface area contributed by atoms with E-state index in [0.29, 0.717) is 18.0 Å². The maximum atomic E-state index is 13.6. The maximum absolute atomic E-state index is 13.6. The van der Waals surface area contributed by atoms with Gasteiger partial charge in [-0.1, -0.05) is 29.8 Å². The molecule has 4 heteroatoms. The Morgan fingerprint density at radius 1 is 1.35 bits per heavy atom. The molecule has 0 amide bonds. The van der Waals surface area contributed by atoms with Crippen molar-refractivity contribution >= 4 is 27.5 Å². The van der Waals surface area contributed by atoms with Crippen LogP contribution in [-0.4, -0.2) is 11.4 Å². The first-order valence-corrected chi connectivity index (χ1v) is 7.14. The zero-order valence-electron chi connectivity index (χ0n) is 10.2. The lowest BCUT2D eigenvalue weighted by Gasteiger charge is -2.31. The van der Waals surface area contributed by atoms with Gasteiger partial charge in [-0.2, -0.15) is 0 Å². The number of hydrogen-bond acceptors (Lipinski definition) is 1. The monoisotopic (exact) mass is 321 g/mol. The second-order valence-corrected chi connectivity index (χ2v) is 5.39. The Morgan fingerprint density at radius 2 is 2.00 bits per heavy atom. The lowest BCUT2D eigenvalue weighted by Crippen LogP contribution is -2.45. The Hall–Kier alpha value is -0.120. The molecule has 0 aromatic heterocycles. The van der Waals surface area contributed by atoms with Crippen LogP contribution < -0.4 is 5.32 Å². The molecule has 0 aliphatic rings. The predicted octanol–water partition coefficient (Wildman–Crippen LogP) is 4.48. The Labute approximate surface area is 116 Å². The van der Waals surface area contributed by atoms with E-state index in [1.54, 1.807) is 12.1 Å². The van der Waals surface area contributed by atoms with Gasteiger partial charge in [0.25, 0.3) is 0 Å². The zero-order chi connectivity index (χ0) is 12.9. The topological polar surface area (TPSA) is 12.0 Å². The third kappa shape index (κ3) is 3.94. The molecule has 0 radical (unpaired) electrons. The molecule has 0 saturated heterocycles. The number of alkyl halides is 1. The van der Waals surface area contributed by atoms with Gasteiger partial charge in [0.15, 0.2) is 0 Å². The molecule has 0 aliphatic heterocycles. The highest BCUT2D eigenvalue weighted by atomic mass is 79.9. The van der Waals surface area contributed by atoms with Gasteiger partial charge in [0, 0.05) is 28.0 Å². The van der Waals surface area contributed by atoms with Crippen LogP contribution in [0.25, 0.3) is 0 Å². The van der Waals surface area contributed by atoms with Gasteiger partial charge in [0.1, 0.15) is 5.82 Å². The fourth-order valence-electron chi connectivity index (χ4n) is 1.70. The van der Waals surface area contributed by atoms with Crippen LogP contribution in [0.3, 0.4) is 0 Å². The molecule has 1 N–H and O–H groups in total. The van der Waals surface area contributed by atoms with Gasteiger partial charge >= 0.3 is 0 Å². The highest BCUT2D eigenvalue weighted by molar-refractivity contribution is 9.10. The number of benzene rings is 1. The van der Waals surface area contributed by atoms with Gasteiger partial charge in [0.2, 0.25) is 0 Å². The largest absolute Gasteiger partial charge is 0.306 e. The Bertz CT molecular complexity index is 358. The fraction of sp³-hybridized carbons (Fsp3) is 0.538. The van der Waals surface area contributed by atoms with Crippen molar-refractivity contribution in [1.82, 2.24) is 5.32 Å². The van der Waals surface area contributed by atoms with Crippen LogP contribution in [0.1, 0.15) is 32.3 Å². The van der Waals surface area contributed by atoms with Gasteiger partial charge < -0.3 is 5.32 Å². The van der Waals surface area contributed by atoms with Crippen LogP contribution in [0, 0.1) is 5.82 Å². The number of nitrogens with one attached hydrogen (secondary N) is 1. The molecule has 17 heavy (non-hydrogen) atoms. The van der Waals surface area contributed by atoms with Crippen molar-refractivity contribution in [3.63, 3.8) is 0 Å². The quantitative estimate of drug-likeness (QED) is 0.762. The molecular formula is C13H18BrClFN. The van der Waals surface area contributed by atoms with E-state index in [1.165, 1.54) is 6.07 Å². The van der Waals surface area contributed by atoms with Crippen LogP contribution in [0.15, 0.2) is 22.7 Å². The normalized spacial score (nSPS) is 11.8. The SMILES string of the molecule is CCC(CC)(CCl)NCc1cc(Br)ccc1F. The van der Waals surface area contributed by atoms with E-state index in [1.807, 2.05) is 0 Å². The average Bonchev–Trinajstić information content (AvgIpc) is 2.35. The lowest BCUT2D eigenvalue weighted by atomic mass is 9.95. The molecule has 0 atom stereocenters. The van der Waals surface area contributed by atoms with Crippen LogP contribution in [0.5, 0.6) is 0 Å². The highest BCUT2D eigenvalue weighted by Crippen LogP contribution is 2.20. The molecule has 1 rings (SSSR count). The molecule has 1 nitrogen and oxygen atoms in total. The van der Waals surface area contributed by atoms with Crippen molar-refractivity contribution < 1.29 is 4.39 Å². The average molecular weight is 323 g/mol. The third-order valence-electron chi connectivity index (χ3n) is 3.27. The summed E-state index contributed by atoms with van der Waals surface area (Å²) in [7, 11) is 0. The fourth-order valence-corrected chi connectivity index (χ4v) is 2.58. The molecule has 0 unspecified atom stereocenters. The summed E-state index contributed by atoms with van der Waals surface area (Å²) >= 11 is 9.34. The first-order chi connectivity index (χ1) is 8.06. The van der Waals surface area contributed by atoms with Gasteiger partial charge in [-0.3, -0.25) is 0 Å². The first-order valence-electron chi connectivity index (χ1n) is 5.82. The Kier molecular flexibility index (Phi) is 5.90. The van der Waals surface area contributed by atoms with E-state index in [-0.39, 0.29) is 11.4 Å². The molecule has 1 aromatic carbocycles. The summed E-state index contributed by atoms with van der Waals surface area (Å²) in [5.41, 5.74) is 0.562. The molecule has 96 valence electrons. The Morgan fingerprint density at radius 3 is 2.53 bits per heavy atom. The van der Waals surface area contributed by atoms with Crippen LogP contribution in [0.4, 0.5) is 4.39 Å². The van der Waals surface area contributed by atoms with Gasteiger partial charge in [-0.25, -0.2) is 4.39 Å². The highest BCUT2D eigenvalue weighted by Gasteiger charge is 2.24. The van der Waals surface area contributed by atoms with Crippen LogP contribution in [-0.2, 0) is 6.54 Å². The Balaban J connectivity index is 2.75. The number of hydrogen-bond donors (Lipinski definition) is 1. The van der Waals surface area contributed by atoms with Crippen molar-refractivity contribution in [2.75, 3.05) is 5.88 Å². The lowest BCUT2D eigenvalue weighted by molar-refractivity contribution is 0.332. The molecule has 0 bridgehead atoms. The smallest absolute Gasteiger partial charge is 0.127 e. The van der Waals surface area contributed by atoms with Gasteiger partial charge in [-0.05, 0) is 31.0 Å². The van der Waals surface area contributed by atoms with Crippen molar-refractivity contribution in [3.05, 3.63) is 34.1 Å². The summed E-state index contributed by atoms with van der Waals surface area (Å²) in [4.78, 5) is 0. The van der Waals surface area contributed by atoms with E-state index < -0.39 is 0 Å². The number of halogens is 3. The minimum absolute atomic E-state index is 0.101. The van der Waals surface area contributed by atoms with Gasteiger partial charge in [-0.15, -0.1) is 11.6 Å². The van der Waals surface area contributed by atoms with Crippen molar-refractivity contribution in [2.24, 2.45) is 0 Å². The second-order valence-electron chi connectivity index (χ2n) is 4.21. The van der Waals surface area contributed by atoms with Gasteiger partial charge in [0.05, 0.1) is 0 Å². The standard InChI is InChI=1S/C13H18BrClFN/c1-3-13(4-2,9-15)17-8-10-7-11(14)5-6-12(10)16/h5-7,17H,3-4,8-9H2,1-2H3. The summed E-state index contributed by atoms with van der Waals surface area (Å²) < 4.78 is 14.5. The summed E-state index contributed by atoms with van der Waals surface area (Å²) in [6.45, 7) is 4.69. The second kappa shape index (κ2) is 6.72. The van der Waals surface area contributed by atoms with Crippen molar-refractivity contribution in [2.45, 2.75) is 38.8 Å². The minimum atomic E-state index is -0.184. The molecular weight excluding hydrogens is 305 g/mol. The first kappa shape index (κ1) is 14.9. The zero-order valence-corrected chi connectivity index (χ0v) is 12.5. The summed E-state index contributed by atoms with van der Waals surface area (Å²) in [6.07, 6.45) is 1.87. The molecule has 0 fully saturated rings. The molecule has 0 saturated carbocycles. The van der Waals surface area contributed by atoms with E-state index in [4.69, 9.17) is 11.6 Å². The van der Waals surface area contributed by atoms with E-state index in [9.17, 15) is 4.39 Å². The molecule has 1 aromatic rings.